The molecule has 1 aromatic carbocycles. The zero-order valence-corrected chi connectivity index (χ0v) is 8.61. The molecule has 1 heterocycles. The van der Waals surface area contributed by atoms with E-state index in [1.54, 1.807) is 0 Å². The van der Waals surface area contributed by atoms with E-state index in [1.807, 2.05) is 25.2 Å². The fraction of sp³-hybridized carbons (Fsp3) is 0.273. The van der Waals surface area contributed by atoms with E-state index in [2.05, 4.69) is 36.6 Å². The van der Waals surface area contributed by atoms with E-state index in [0.29, 0.717) is 0 Å². The van der Waals surface area contributed by atoms with Crippen molar-refractivity contribution in [1.82, 2.24) is 0 Å². The summed E-state index contributed by atoms with van der Waals surface area (Å²) in [5.74, 6) is 0. The van der Waals surface area contributed by atoms with Crippen LogP contribution in [0.4, 0.5) is 0 Å². The van der Waals surface area contributed by atoms with Crippen LogP contribution in [0.5, 0.6) is 0 Å². The third kappa shape index (κ3) is 1.67. The van der Waals surface area contributed by atoms with Gasteiger partial charge in [-0.1, -0.05) is 32.0 Å². The Labute approximate surface area is 77.9 Å². The normalized spacial score (nSPS) is 9.25. The van der Waals surface area contributed by atoms with Gasteiger partial charge in [0.15, 0.2) is 0 Å². The first-order chi connectivity index (χ1) is 5.88. The van der Waals surface area contributed by atoms with E-state index in [-0.39, 0.29) is 0 Å². The molecule has 0 amide bonds. The summed E-state index contributed by atoms with van der Waals surface area (Å²) in [7, 11) is 0. The fourth-order valence-corrected chi connectivity index (χ4v) is 2.05. The van der Waals surface area contributed by atoms with Gasteiger partial charge in [-0.3, -0.25) is 0 Å². The molecule has 0 atom stereocenters. The highest BCUT2D eigenvalue weighted by Crippen LogP contribution is 2.24. The van der Waals surface area contributed by atoms with Crippen LogP contribution in [0, 0.1) is 6.92 Å². The zero-order valence-electron chi connectivity index (χ0n) is 7.79. The number of hydrogen-bond donors (Lipinski definition) is 0. The van der Waals surface area contributed by atoms with E-state index in [4.69, 9.17) is 0 Å². The molecule has 0 saturated heterocycles. The van der Waals surface area contributed by atoms with Gasteiger partial charge < -0.3 is 0 Å². The van der Waals surface area contributed by atoms with Crippen molar-refractivity contribution in [3.05, 3.63) is 35.2 Å². The van der Waals surface area contributed by atoms with Gasteiger partial charge in [-0.2, -0.15) is 0 Å². The lowest BCUT2D eigenvalue weighted by Gasteiger charge is -1.86. The largest absolute Gasteiger partial charge is 0.144 e. The third-order valence-corrected chi connectivity index (χ3v) is 2.76. The molecule has 0 unspecified atom stereocenters. The van der Waals surface area contributed by atoms with Gasteiger partial charge in [0.2, 0.25) is 0 Å². The van der Waals surface area contributed by atoms with Gasteiger partial charge >= 0.3 is 0 Å². The summed E-state index contributed by atoms with van der Waals surface area (Å²) in [6.45, 7) is 6.15. The van der Waals surface area contributed by atoms with E-state index in [9.17, 15) is 0 Å². The Balaban J connectivity index is 0.000000336. The van der Waals surface area contributed by atoms with Gasteiger partial charge in [0.25, 0.3) is 0 Å². The van der Waals surface area contributed by atoms with Crippen molar-refractivity contribution in [3.63, 3.8) is 0 Å². The molecule has 2 rings (SSSR count). The van der Waals surface area contributed by atoms with Crippen LogP contribution in [0.2, 0.25) is 0 Å². The molecule has 2 aromatic rings. The Morgan fingerprint density at radius 1 is 1.08 bits per heavy atom. The number of fused-ring (bicyclic) bond motifs is 1. The fourth-order valence-electron chi connectivity index (χ4n) is 1.11. The number of rotatable bonds is 0. The molecule has 0 aliphatic rings. The Morgan fingerprint density at radius 3 is 2.42 bits per heavy atom. The number of thiophene rings is 1. The first-order valence-electron chi connectivity index (χ1n) is 4.31. The molecule has 0 radical (unpaired) electrons. The Morgan fingerprint density at radius 2 is 1.75 bits per heavy atom. The monoisotopic (exact) mass is 178 g/mol. The van der Waals surface area contributed by atoms with Crippen LogP contribution in [-0.4, -0.2) is 0 Å². The standard InChI is InChI=1S/C9H8S.C2H6/c1-7-6-10-9-5-3-2-4-8(7)9;1-2/h2-6H,1H3;1-2H3. The average molecular weight is 178 g/mol. The number of benzene rings is 1. The molecular formula is C11H14S. The average Bonchev–Trinajstić information content (AvgIpc) is 2.53. The molecule has 0 saturated carbocycles. The molecule has 0 fully saturated rings. The van der Waals surface area contributed by atoms with Crippen LogP contribution in [0.25, 0.3) is 10.1 Å². The van der Waals surface area contributed by atoms with E-state index in [0.717, 1.165) is 0 Å². The lowest BCUT2D eigenvalue weighted by atomic mass is 10.2. The topological polar surface area (TPSA) is 0 Å². The minimum atomic E-state index is 1.39. The molecule has 0 nitrogen and oxygen atoms in total. The molecule has 1 aromatic heterocycles. The quantitative estimate of drug-likeness (QED) is 0.566. The second-order valence-electron chi connectivity index (χ2n) is 2.41. The summed E-state index contributed by atoms with van der Waals surface area (Å²) in [4.78, 5) is 0. The smallest absolute Gasteiger partial charge is 0.0345 e. The van der Waals surface area contributed by atoms with Crippen molar-refractivity contribution in [1.29, 1.82) is 0 Å². The highest BCUT2D eigenvalue weighted by molar-refractivity contribution is 7.17. The second kappa shape index (κ2) is 4.27. The molecule has 0 aliphatic heterocycles. The maximum Gasteiger partial charge on any atom is 0.0345 e. The van der Waals surface area contributed by atoms with Crippen LogP contribution >= 0.6 is 11.3 Å². The van der Waals surface area contributed by atoms with Gasteiger partial charge in [0.05, 0.1) is 0 Å². The van der Waals surface area contributed by atoms with Crippen molar-refractivity contribution >= 4 is 21.4 Å². The van der Waals surface area contributed by atoms with Crippen LogP contribution in [0.15, 0.2) is 29.6 Å². The van der Waals surface area contributed by atoms with Crippen LogP contribution in [0.1, 0.15) is 19.4 Å². The minimum Gasteiger partial charge on any atom is -0.144 e. The summed E-state index contributed by atoms with van der Waals surface area (Å²) >= 11 is 1.81. The van der Waals surface area contributed by atoms with E-state index >= 15 is 0 Å². The third-order valence-electron chi connectivity index (χ3n) is 1.67. The molecule has 1 heteroatoms. The SMILES string of the molecule is CC.Cc1csc2ccccc12. The van der Waals surface area contributed by atoms with Gasteiger partial charge in [0, 0.05) is 4.70 Å². The molecule has 12 heavy (non-hydrogen) atoms. The van der Waals surface area contributed by atoms with Gasteiger partial charge in [-0.25, -0.2) is 0 Å². The van der Waals surface area contributed by atoms with Crippen LogP contribution < -0.4 is 0 Å². The van der Waals surface area contributed by atoms with Crippen molar-refractivity contribution in [2.45, 2.75) is 20.8 Å². The Hall–Kier alpha value is -0.820. The Kier molecular flexibility index (Phi) is 3.30. The zero-order chi connectivity index (χ0) is 8.97. The molecule has 0 bridgehead atoms. The lowest BCUT2D eigenvalue weighted by molar-refractivity contribution is 1.50. The van der Waals surface area contributed by atoms with Crippen molar-refractivity contribution in [2.75, 3.05) is 0 Å². The predicted molar refractivity (Wildman–Crippen MR) is 57.9 cm³/mol. The van der Waals surface area contributed by atoms with Gasteiger partial charge in [0.1, 0.15) is 0 Å². The number of hydrogen-bond acceptors (Lipinski definition) is 1. The minimum absolute atomic E-state index is 1.39. The molecule has 0 aliphatic carbocycles. The Bertz CT molecular complexity index is 347. The lowest BCUT2D eigenvalue weighted by Crippen LogP contribution is -1.63. The second-order valence-corrected chi connectivity index (χ2v) is 3.33. The summed E-state index contributed by atoms with van der Waals surface area (Å²) in [6.07, 6.45) is 0. The van der Waals surface area contributed by atoms with Gasteiger partial charge in [-0.15, -0.1) is 11.3 Å². The highest BCUT2D eigenvalue weighted by atomic mass is 32.1. The summed E-state index contributed by atoms with van der Waals surface area (Å²) < 4.78 is 1.39. The summed E-state index contributed by atoms with van der Waals surface area (Å²) in [5, 5.41) is 3.59. The molecular weight excluding hydrogens is 164 g/mol. The molecule has 64 valence electrons. The number of aryl methyl sites for hydroxylation is 1. The first-order valence-corrected chi connectivity index (χ1v) is 5.19. The van der Waals surface area contributed by atoms with E-state index < -0.39 is 0 Å². The van der Waals surface area contributed by atoms with Crippen molar-refractivity contribution in [2.24, 2.45) is 0 Å². The van der Waals surface area contributed by atoms with Crippen LogP contribution in [-0.2, 0) is 0 Å². The maximum absolute atomic E-state index is 2.20. The van der Waals surface area contributed by atoms with Crippen LogP contribution in [0.3, 0.4) is 0 Å². The maximum atomic E-state index is 2.20. The summed E-state index contributed by atoms with van der Waals surface area (Å²) in [5.41, 5.74) is 1.39. The van der Waals surface area contributed by atoms with Crippen molar-refractivity contribution in [3.8, 4) is 0 Å². The van der Waals surface area contributed by atoms with Gasteiger partial charge in [-0.05, 0) is 29.3 Å². The molecule has 0 N–H and O–H groups in total. The predicted octanol–water partition coefficient (Wildman–Crippen LogP) is 4.24. The summed E-state index contributed by atoms with van der Waals surface area (Å²) in [6, 6.07) is 8.49. The highest BCUT2D eigenvalue weighted by Gasteiger charge is 1.95. The molecule has 0 spiro atoms. The van der Waals surface area contributed by atoms with Crippen molar-refractivity contribution < 1.29 is 0 Å². The first kappa shape index (κ1) is 9.27. The van der Waals surface area contributed by atoms with E-state index in [1.165, 1.54) is 15.6 Å².